The van der Waals surface area contributed by atoms with E-state index in [-0.39, 0.29) is 28.4 Å². The van der Waals surface area contributed by atoms with Crippen molar-refractivity contribution in [3.05, 3.63) is 69.1 Å². The lowest BCUT2D eigenvalue weighted by Gasteiger charge is -2.16. The Balaban J connectivity index is 1.90. The minimum Gasteiger partial charge on any atom is -0.497 e. The normalized spacial score (nSPS) is 11.4. The highest BCUT2D eigenvalue weighted by molar-refractivity contribution is 6.36. The predicted molar refractivity (Wildman–Crippen MR) is 127 cm³/mol. The van der Waals surface area contributed by atoms with Crippen molar-refractivity contribution in [2.45, 2.75) is 6.54 Å². The van der Waals surface area contributed by atoms with Crippen LogP contribution < -0.4 is 20.8 Å². The Hall–Kier alpha value is -3.78. The third-order valence-electron chi connectivity index (χ3n) is 5.16. The molecule has 0 fully saturated rings. The molecular weight excluding hydrogens is 430 g/mol. The van der Waals surface area contributed by atoms with E-state index in [0.717, 1.165) is 11.3 Å². The summed E-state index contributed by atoms with van der Waals surface area (Å²) >= 11 is 6.57. The highest BCUT2D eigenvalue weighted by Crippen LogP contribution is 2.32. The number of fused-ring (bicyclic) bond motifs is 1. The zero-order chi connectivity index (χ0) is 22.8. The summed E-state index contributed by atoms with van der Waals surface area (Å²) in [6.45, 7) is 0.270. The number of anilines is 1. The Labute approximate surface area is 189 Å². The number of nitrogens with two attached hydrogens (primary N) is 1. The molecule has 2 heterocycles. The van der Waals surface area contributed by atoms with Gasteiger partial charge in [-0.3, -0.25) is 9.79 Å². The number of methoxy groups -OCH3 is 2. The Morgan fingerprint density at radius 2 is 1.84 bits per heavy atom. The number of pyridine rings is 1. The van der Waals surface area contributed by atoms with Gasteiger partial charge in [-0.1, -0.05) is 23.7 Å². The molecule has 0 amide bonds. The summed E-state index contributed by atoms with van der Waals surface area (Å²) in [5.41, 5.74) is 9.18. The molecular formula is C23H22ClN5O3. The lowest BCUT2D eigenvalue weighted by molar-refractivity contribution is 0.414. The number of imidazole rings is 1. The quantitative estimate of drug-likeness (QED) is 0.434. The highest BCUT2D eigenvalue weighted by atomic mass is 35.5. The van der Waals surface area contributed by atoms with Gasteiger partial charge in [-0.25, -0.2) is 4.98 Å². The van der Waals surface area contributed by atoms with Gasteiger partial charge in [0.2, 0.25) is 0 Å². The molecule has 0 saturated heterocycles. The van der Waals surface area contributed by atoms with Crippen molar-refractivity contribution in [3.8, 4) is 22.9 Å². The van der Waals surface area contributed by atoms with E-state index in [0.29, 0.717) is 28.3 Å². The number of ether oxygens (including phenoxy) is 2. The van der Waals surface area contributed by atoms with E-state index in [1.54, 1.807) is 44.0 Å². The number of aromatic amines is 1. The maximum atomic E-state index is 13.6. The molecule has 0 aliphatic heterocycles. The summed E-state index contributed by atoms with van der Waals surface area (Å²) in [4.78, 5) is 25.4. The van der Waals surface area contributed by atoms with Crippen molar-refractivity contribution >= 4 is 34.5 Å². The van der Waals surface area contributed by atoms with Crippen LogP contribution in [0.5, 0.6) is 11.5 Å². The first-order valence-corrected chi connectivity index (χ1v) is 10.2. The van der Waals surface area contributed by atoms with Crippen molar-refractivity contribution < 1.29 is 9.47 Å². The van der Waals surface area contributed by atoms with Gasteiger partial charge in [0.15, 0.2) is 0 Å². The fourth-order valence-corrected chi connectivity index (χ4v) is 3.77. The molecule has 0 unspecified atom stereocenters. The van der Waals surface area contributed by atoms with E-state index < -0.39 is 0 Å². The van der Waals surface area contributed by atoms with E-state index in [1.807, 2.05) is 24.3 Å². The molecule has 9 heteroatoms. The molecule has 0 aliphatic carbocycles. The number of hydrogen-bond acceptors (Lipinski definition) is 6. The number of nitrogens with zero attached hydrogens (tertiary/aromatic N) is 3. The number of aliphatic imine (C=N–C) groups is 1. The number of halogens is 1. The van der Waals surface area contributed by atoms with Crippen molar-refractivity contribution in [1.82, 2.24) is 14.5 Å². The average Bonchev–Trinajstić information content (AvgIpc) is 3.23. The summed E-state index contributed by atoms with van der Waals surface area (Å²) in [6.07, 6.45) is 1.53. The zero-order valence-corrected chi connectivity index (χ0v) is 18.6. The molecule has 32 heavy (non-hydrogen) atoms. The SMILES string of the molecule is CN=Cc1c(N)c(Cl)c(-c2nc3ccc(OC)cc3[nH]2)c(=O)n1Cc1ccc(OC)cc1. The molecule has 0 aliphatic rings. The van der Waals surface area contributed by atoms with Crippen LogP contribution in [0.1, 0.15) is 11.3 Å². The third kappa shape index (κ3) is 3.80. The molecule has 4 rings (SSSR count). The monoisotopic (exact) mass is 451 g/mol. The highest BCUT2D eigenvalue weighted by Gasteiger charge is 2.22. The number of aromatic nitrogens is 3. The fraction of sp³-hybridized carbons (Fsp3) is 0.174. The summed E-state index contributed by atoms with van der Waals surface area (Å²) in [5.74, 6) is 1.73. The molecule has 2 aromatic heterocycles. The number of nitrogens with one attached hydrogen (secondary N) is 1. The van der Waals surface area contributed by atoms with Crippen LogP contribution in [0.4, 0.5) is 5.69 Å². The molecule has 2 aromatic carbocycles. The van der Waals surface area contributed by atoms with Gasteiger partial charge in [0.25, 0.3) is 5.56 Å². The van der Waals surface area contributed by atoms with Gasteiger partial charge in [0.1, 0.15) is 22.9 Å². The van der Waals surface area contributed by atoms with Crippen LogP contribution in [-0.4, -0.2) is 42.0 Å². The van der Waals surface area contributed by atoms with Crippen LogP contribution in [0.2, 0.25) is 5.02 Å². The van der Waals surface area contributed by atoms with Crippen LogP contribution >= 0.6 is 11.6 Å². The lowest BCUT2D eigenvalue weighted by atomic mass is 10.1. The molecule has 0 radical (unpaired) electrons. The van der Waals surface area contributed by atoms with Gasteiger partial charge in [-0.2, -0.15) is 0 Å². The molecule has 0 bridgehead atoms. The second-order valence-corrected chi connectivity index (χ2v) is 7.46. The number of benzene rings is 2. The molecule has 0 saturated carbocycles. The van der Waals surface area contributed by atoms with Crippen molar-refractivity contribution in [3.63, 3.8) is 0 Å². The largest absolute Gasteiger partial charge is 0.497 e. The Bertz CT molecular complexity index is 1370. The summed E-state index contributed by atoms with van der Waals surface area (Å²) in [5, 5.41) is 0.127. The zero-order valence-electron chi connectivity index (χ0n) is 17.8. The van der Waals surface area contributed by atoms with E-state index >= 15 is 0 Å². The van der Waals surface area contributed by atoms with Crippen LogP contribution in [0.15, 0.2) is 52.3 Å². The third-order valence-corrected chi connectivity index (χ3v) is 5.55. The topological polar surface area (TPSA) is 108 Å². The Kier molecular flexibility index (Phi) is 5.87. The maximum Gasteiger partial charge on any atom is 0.264 e. The second kappa shape index (κ2) is 8.76. The van der Waals surface area contributed by atoms with E-state index in [4.69, 9.17) is 26.8 Å². The van der Waals surface area contributed by atoms with E-state index in [2.05, 4.69) is 15.0 Å². The van der Waals surface area contributed by atoms with Gasteiger partial charge in [-0.15, -0.1) is 0 Å². The molecule has 4 aromatic rings. The molecule has 3 N–H and O–H groups in total. The molecule has 8 nitrogen and oxygen atoms in total. The van der Waals surface area contributed by atoms with Crippen molar-refractivity contribution in [1.29, 1.82) is 0 Å². The van der Waals surface area contributed by atoms with Crippen LogP contribution in [0.25, 0.3) is 22.4 Å². The Morgan fingerprint density at radius 3 is 2.50 bits per heavy atom. The molecule has 164 valence electrons. The first kappa shape index (κ1) is 21.5. The standard InChI is InChI=1S/C23H22ClN5O3/c1-26-11-18-21(25)20(24)19(22-27-16-9-8-15(32-3)10-17(16)28-22)23(30)29(18)12-13-4-6-14(31-2)7-5-13/h4-11H,12,25H2,1-3H3,(H,27,28). The van der Waals surface area contributed by atoms with Gasteiger partial charge < -0.3 is 24.8 Å². The lowest BCUT2D eigenvalue weighted by Crippen LogP contribution is -2.28. The van der Waals surface area contributed by atoms with Gasteiger partial charge in [0, 0.05) is 19.3 Å². The van der Waals surface area contributed by atoms with Crippen molar-refractivity contribution in [2.75, 3.05) is 27.0 Å². The summed E-state index contributed by atoms with van der Waals surface area (Å²) < 4.78 is 12.0. The van der Waals surface area contributed by atoms with Crippen molar-refractivity contribution in [2.24, 2.45) is 4.99 Å². The van der Waals surface area contributed by atoms with Gasteiger partial charge in [0.05, 0.1) is 48.2 Å². The van der Waals surface area contributed by atoms with Crippen LogP contribution in [0, 0.1) is 0 Å². The van der Waals surface area contributed by atoms with Gasteiger partial charge >= 0.3 is 0 Å². The molecule has 0 spiro atoms. The van der Waals surface area contributed by atoms with E-state index in [9.17, 15) is 4.79 Å². The predicted octanol–water partition coefficient (Wildman–Crippen LogP) is 3.74. The number of H-pyrrole nitrogens is 1. The minimum atomic E-state index is -0.332. The smallest absolute Gasteiger partial charge is 0.264 e. The first-order valence-electron chi connectivity index (χ1n) is 9.77. The number of rotatable bonds is 6. The first-order chi connectivity index (χ1) is 15.5. The number of hydrogen-bond donors (Lipinski definition) is 2. The second-order valence-electron chi connectivity index (χ2n) is 7.08. The van der Waals surface area contributed by atoms with Crippen LogP contribution in [-0.2, 0) is 6.54 Å². The molecule has 0 atom stereocenters. The summed E-state index contributed by atoms with van der Waals surface area (Å²) in [7, 11) is 4.79. The maximum absolute atomic E-state index is 13.6. The van der Waals surface area contributed by atoms with Crippen LogP contribution in [0.3, 0.4) is 0 Å². The number of nitrogen functional groups attached to an aromatic ring is 1. The Morgan fingerprint density at radius 1 is 1.16 bits per heavy atom. The fourth-order valence-electron chi connectivity index (χ4n) is 3.50. The summed E-state index contributed by atoms with van der Waals surface area (Å²) in [6, 6.07) is 12.8. The minimum absolute atomic E-state index is 0.127. The average molecular weight is 452 g/mol. The van der Waals surface area contributed by atoms with Gasteiger partial charge in [-0.05, 0) is 29.8 Å². The van der Waals surface area contributed by atoms with E-state index in [1.165, 1.54) is 6.21 Å².